The zero-order chi connectivity index (χ0) is 30.6. The molecule has 0 saturated carbocycles. The standard InChI is InChI=1S/C26H29F5N6O4/c1-9(11(3)32)24(39)36-15-8-14-18(19(35-15)22(33)38)37-23(34-14)21-16(10(2)25(4,41-21)26(29,30)31)12-6-7-13(27)17(28)20(12)40-5/h6-11,16,21H,32H2,1-5H3,(H2,33,38)(H,34,37)(H,35,36,39)/t9-,10-,11+,16-,21+,25+/m0/s1. The third kappa shape index (κ3) is 5.07. The molecule has 3 heterocycles. The van der Waals surface area contributed by atoms with E-state index in [0.29, 0.717) is 0 Å². The Bertz CT molecular complexity index is 1510. The van der Waals surface area contributed by atoms with Crippen molar-refractivity contribution in [2.45, 2.75) is 57.5 Å². The van der Waals surface area contributed by atoms with E-state index in [1.54, 1.807) is 13.8 Å². The normalized spacial score (nSPS) is 24.3. The van der Waals surface area contributed by atoms with E-state index >= 15 is 0 Å². The van der Waals surface area contributed by atoms with Crippen molar-refractivity contribution in [3.8, 4) is 5.75 Å². The number of fused-ring (bicyclic) bond motifs is 1. The minimum atomic E-state index is -4.87. The molecule has 1 saturated heterocycles. The first-order valence-corrected chi connectivity index (χ1v) is 12.5. The third-order valence-electron chi connectivity index (χ3n) is 7.76. The van der Waals surface area contributed by atoms with Crippen LogP contribution in [0.5, 0.6) is 5.75 Å². The molecular formula is C26H29F5N6O4. The lowest BCUT2D eigenvalue weighted by atomic mass is 9.77. The highest BCUT2D eigenvalue weighted by atomic mass is 19.4. The van der Waals surface area contributed by atoms with E-state index in [4.69, 9.17) is 20.9 Å². The van der Waals surface area contributed by atoms with Gasteiger partial charge in [0.15, 0.2) is 22.9 Å². The lowest BCUT2D eigenvalue weighted by molar-refractivity contribution is -0.275. The van der Waals surface area contributed by atoms with Crippen LogP contribution in [-0.4, -0.2) is 51.7 Å². The number of aromatic amines is 1. The van der Waals surface area contributed by atoms with E-state index in [-0.39, 0.29) is 33.9 Å². The van der Waals surface area contributed by atoms with Gasteiger partial charge in [-0.2, -0.15) is 17.6 Å². The number of anilines is 1. The van der Waals surface area contributed by atoms with Gasteiger partial charge in [-0.3, -0.25) is 9.59 Å². The molecule has 1 aromatic carbocycles. The van der Waals surface area contributed by atoms with Gasteiger partial charge in [0, 0.05) is 29.5 Å². The van der Waals surface area contributed by atoms with Crippen molar-refractivity contribution in [1.82, 2.24) is 15.0 Å². The summed E-state index contributed by atoms with van der Waals surface area (Å²) < 4.78 is 82.3. The quantitative estimate of drug-likeness (QED) is 0.305. The van der Waals surface area contributed by atoms with E-state index in [2.05, 4.69) is 20.3 Å². The fourth-order valence-electron chi connectivity index (χ4n) is 4.93. The Morgan fingerprint density at radius 1 is 1.22 bits per heavy atom. The van der Waals surface area contributed by atoms with Crippen LogP contribution in [0.15, 0.2) is 18.2 Å². The fourth-order valence-corrected chi connectivity index (χ4v) is 4.93. The molecule has 1 aliphatic rings. The van der Waals surface area contributed by atoms with Crippen LogP contribution in [0, 0.1) is 23.5 Å². The van der Waals surface area contributed by atoms with Crippen LogP contribution >= 0.6 is 0 Å². The van der Waals surface area contributed by atoms with E-state index < -0.39 is 70.9 Å². The minimum Gasteiger partial charge on any atom is -0.493 e. The minimum absolute atomic E-state index is 0.0802. The Kier molecular flexibility index (Phi) is 7.73. The number of carbonyl (C=O) groups excluding carboxylic acids is 2. The van der Waals surface area contributed by atoms with Gasteiger partial charge in [0.05, 0.1) is 18.5 Å². The number of carbonyl (C=O) groups is 2. The van der Waals surface area contributed by atoms with E-state index in [0.717, 1.165) is 26.2 Å². The number of aromatic nitrogens is 3. The number of nitrogens with one attached hydrogen (secondary N) is 2. The topological polar surface area (TPSA) is 158 Å². The Hall–Kier alpha value is -3.85. The molecule has 0 unspecified atom stereocenters. The van der Waals surface area contributed by atoms with Crippen LogP contribution in [0.1, 0.15) is 61.6 Å². The highest BCUT2D eigenvalue weighted by molar-refractivity contribution is 6.04. The number of amides is 2. The molecule has 15 heteroatoms. The number of ether oxygens (including phenoxy) is 2. The van der Waals surface area contributed by atoms with Gasteiger partial charge in [0.1, 0.15) is 23.3 Å². The number of pyridine rings is 1. The summed E-state index contributed by atoms with van der Waals surface area (Å²) in [5.41, 5.74) is 8.08. The second-order valence-corrected chi connectivity index (χ2v) is 10.3. The average Bonchev–Trinajstić information content (AvgIpc) is 3.43. The van der Waals surface area contributed by atoms with Gasteiger partial charge < -0.3 is 31.2 Å². The number of nitrogens with zero attached hydrogens (tertiary/aromatic N) is 2. The first kappa shape index (κ1) is 30.1. The van der Waals surface area contributed by atoms with Crippen LogP contribution in [0.3, 0.4) is 0 Å². The molecule has 1 aliphatic heterocycles. The van der Waals surface area contributed by atoms with Crippen molar-refractivity contribution in [2.75, 3.05) is 12.4 Å². The molecule has 41 heavy (non-hydrogen) atoms. The number of benzene rings is 1. The van der Waals surface area contributed by atoms with Crippen LogP contribution in [0.2, 0.25) is 0 Å². The maximum atomic E-state index is 14.7. The predicted octanol–water partition coefficient (Wildman–Crippen LogP) is 4.08. The number of imidazole rings is 1. The zero-order valence-electron chi connectivity index (χ0n) is 22.7. The summed E-state index contributed by atoms with van der Waals surface area (Å²) >= 11 is 0. The highest BCUT2D eigenvalue weighted by Crippen LogP contribution is 2.59. The average molecular weight is 585 g/mol. The monoisotopic (exact) mass is 584 g/mol. The summed E-state index contributed by atoms with van der Waals surface area (Å²) in [6.45, 7) is 5.34. The van der Waals surface area contributed by atoms with Crippen LogP contribution < -0.4 is 21.5 Å². The first-order valence-electron chi connectivity index (χ1n) is 12.5. The zero-order valence-corrected chi connectivity index (χ0v) is 22.7. The number of halogens is 5. The van der Waals surface area contributed by atoms with Gasteiger partial charge in [-0.25, -0.2) is 14.4 Å². The Labute approximate surface area is 231 Å². The summed E-state index contributed by atoms with van der Waals surface area (Å²) in [6, 6.07) is 2.73. The van der Waals surface area contributed by atoms with Crippen LogP contribution in [0.4, 0.5) is 27.8 Å². The molecular weight excluding hydrogens is 555 g/mol. The fraction of sp³-hybridized carbons (Fsp3) is 0.462. The van der Waals surface area contributed by atoms with Gasteiger partial charge in [0.25, 0.3) is 5.91 Å². The van der Waals surface area contributed by atoms with E-state index in [9.17, 15) is 31.5 Å². The largest absolute Gasteiger partial charge is 0.493 e. The van der Waals surface area contributed by atoms with Crippen LogP contribution in [-0.2, 0) is 9.53 Å². The number of nitrogens with two attached hydrogens (primary N) is 2. The first-order chi connectivity index (χ1) is 19.0. The summed E-state index contributed by atoms with van der Waals surface area (Å²) in [7, 11) is 1.06. The number of H-pyrrole nitrogens is 1. The molecule has 6 N–H and O–H groups in total. The smallest absolute Gasteiger partial charge is 0.417 e. The maximum Gasteiger partial charge on any atom is 0.417 e. The SMILES string of the molecule is COc1c([C@H]2[C@H](c3nc4c(C(N)=O)nc(NC(=O)[C@@H](C)[C@@H](C)N)cc4[nH]3)O[C@@](C)(C(F)(F)F)[C@H]2C)ccc(F)c1F. The van der Waals surface area contributed by atoms with E-state index in [1.807, 2.05) is 0 Å². The number of alkyl halides is 3. The predicted molar refractivity (Wildman–Crippen MR) is 137 cm³/mol. The van der Waals surface area contributed by atoms with Gasteiger partial charge >= 0.3 is 6.18 Å². The molecule has 0 aliphatic carbocycles. The molecule has 2 aromatic heterocycles. The Morgan fingerprint density at radius 2 is 1.88 bits per heavy atom. The second kappa shape index (κ2) is 10.5. The Morgan fingerprint density at radius 3 is 2.44 bits per heavy atom. The molecule has 1 fully saturated rings. The van der Waals surface area contributed by atoms with Crippen molar-refractivity contribution in [1.29, 1.82) is 0 Å². The molecule has 0 spiro atoms. The van der Waals surface area contributed by atoms with Crippen LogP contribution in [0.25, 0.3) is 11.0 Å². The van der Waals surface area contributed by atoms with Crippen molar-refractivity contribution < 1.29 is 41.0 Å². The summed E-state index contributed by atoms with van der Waals surface area (Å²) in [5, 5.41) is 2.53. The van der Waals surface area contributed by atoms with Crippen molar-refractivity contribution >= 4 is 28.7 Å². The summed E-state index contributed by atoms with van der Waals surface area (Å²) in [5.74, 6) is -8.19. The molecule has 0 radical (unpaired) electrons. The Balaban J connectivity index is 1.89. The number of rotatable bonds is 7. The molecule has 222 valence electrons. The van der Waals surface area contributed by atoms with Gasteiger partial charge in [-0.15, -0.1) is 0 Å². The van der Waals surface area contributed by atoms with Crippen molar-refractivity contribution in [3.63, 3.8) is 0 Å². The molecule has 4 rings (SSSR count). The van der Waals surface area contributed by atoms with Gasteiger partial charge in [0.2, 0.25) is 11.7 Å². The number of primary amides is 1. The number of hydrogen-bond donors (Lipinski definition) is 4. The molecule has 10 nitrogen and oxygen atoms in total. The molecule has 6 atom stereocenters. The van der Waals surface area contributed by atoms with Gasteiger partial charge in [-0.1, -0.05) is 19.9 Å². The van der Waals surface area contributed by atoms with Gasteiger partial charge in [-0.05, 0) is 19.9 Å². The summed E-state index contributed by atoms with van der Waals surface area (Å²) in [4.78, 5) is 36.0. The highest BCUT2D eigenvalue weighted by Gasteiger charge is 2.65. The maximum absolute atomic E-state index is 14.7. The lowest BCUT2D eigenvalue weighted by Gasteiger charge is -2.32. The third-order valence-corrected chi connectivity index (χ3v) is 7.76. The van der Waals surface area contributed by atoms with Crippen molar-refractivity contribution in [2.24, 2.45) is 23.3 Å². The molecule has 0 bridgehead atoms. The summed E-state index contributed by atoms with van der Waals surface area (Å²) in [6.07, 6.45) is -6.37. The number of methoxy groups -OCH3 is 1. The molecule has 2 amide bonds. The second-order valence-electron chi connectivity index (χ2n) is 10.3. The lowest BCUT2D eigenvalue weighted by Crippen LogP contribution is -2.46. The van der Waals surface area contributed by atoms with E-state index in [1.165, 1.54) is 13.0 Å². The number of hydrogen-bond acceptors (Lipinski definition) is 7. The molecule has 3 aromatic rings. The van der Waals surface area contributed by atoms with Crippen molar-refractivity contribution in [3.05, 3.63) is 46.9 Å².